The predicted octanol–water partition coefficient (Wildman–Crippen LogP) is 1.37. The maximum Gasteiger partial charge on any atom is 0.344 e. The van der Waals surface area contributed by atoms with E-state index < -0.39 is 77.8 Å². The van der Waals surface area contributed by atoms with Crippen molar-refractivity contribution < 1.29 is 57.2 Å². The monoisotopic (exact) mass is 512 g/mol. The minimum absolute atomic E-state index is 0.00460. The summed E-state index contributed by atoms with van der Waals surface area (Å²) in [5, 5.41) is 0. The Hall–Kier alpha value is -3.96. The van der Waals surface area contributed by atoms with Crippen LogP contribution < -0.4 is 0 Å². The molecule has 36 heavy (non-hydrogen) atoms. The number of ether oxygens (including phenoxy) is 6. The molecule has 0 aliphatic heterocycles. The Morgan fingerprint density at radius 2 is 0.694 bits per heavy atom. The van der Waals surface area contributed by atoms with Crippen LogP contribution in [-0.2, 0) is 57.2 Å². The third-order valence-corrected chi connectivity index (χ3v) is 4.58. The Bertz CT molecular complexity index is 787. The van der Waals surface area contributed by atoms with Gasteiger partial charge in [-0.15, -0.1) is 0 Å². The quantitative estimate of drug-likeness (QED) is 0.0963. The van der Waals surface area contributed by atoms with Gasteiger partial charge >= 0.3 is 35.8 Å². The van der Waals surface area contributed by atoms with E-state index in [9.17, 15) is 28.8 Å². The van der Waals surface area contributed by atoms with Crippen molar-refractivity contribution in [3.8, 4) is 0 Å². The molecule has 0 heterocycles. The SMILES string of the molecule is C=C(C(=O)OCC)C(=O)OCC(CC)(COC(=O)C(=C)C(=O)OCC)COC(=O)C(=C)C(=O)OCC. The highest BCUT2D eigenvalue weighted by atomic mass is 16.6. The average molecular weight is 513 g/mol. The Balaban J connectivity index is 5.61. The van der Waals surface area contributed by atoms with Crippen LogP contribution in [0, 0.1) is 5.41 Å². The average Bonchev–Trinajstić information content (AvgIpc) is 2.86. The van der Waals surface area contributed by atoms with Crippen molar-refractivity contribution in [3.05, 3.63) is 36.5 Å². The molecule has 0 aliphatic carbocycles. The second-order valence-electron chi connectivity index (χ2n) is 7.18. The van der Waals surface area contributed by atoms with E-state index in [1.165, 1.54) is 20.8 Å². The largest absolute Gasteiger partial charge is 0.462 e. The van der Waals surface area contributed by atoms with Crippen molar-refractivity contribution in [2.45, 2.75) is 34.1 Å². The van der Waals surface area contributed by atoms with Crippen molar-refractivity contribution in [1.29, 1.82) is 0 Å². The van der Waals surface area contributed by atoms with Gasteiger partial charge in [0.2, 0.25) is 0 Å². The lowest BCUT2D eigenvalue weighted by atomic mass is 9.88. The maximum absolute atomic E-state index is 12.2. The maximum atomic E-state index is 12.2. The fourth-order valence-corrected chi connectivity index (χ4v) is 2.25. The van der Waals surface area contributed by atoms with Gasteiger partial charge in [0.05, 0.1) is 25.2 Å². The van der Waals surface area contributed by atoms with Crippen LogP contribution >= 0.6 is 0 Å². The summed E-state index contributed by atoms with van der Waals surface area (Å²) in [4.78, 5) is 71.9. The van der Waals surface area contributed by atoms with E-state index in [-0.39, 0.29) is 26.2 Å². The van der Waals surface area contributed by atoms with Crippen molar-refractivity contribution in [1.82, 2.24) is 0 Å². The molecule has 0 N–H and O–H groups in total. The molecule has 0 spiro atoms. The van der Waals surface area contributed by atoms with Crippen LogP contribution in [0.3, 0.4) is 0 Å². The Kier molecular flexibility index (Phi) is 14.1. The molecule has 0 unspecified atom stereocenters. The number of carbonyl (C=O) groups excluding carboxylic acids is 6. The van der Waals surface area contributed by atoms with E-state index >= 15 is 0 Å². The molecule has 0 aliphatic rings. The fourth-order valence-electron chi connectivity index (χ4n) is 2.25. The molecule has 12 heteroatoms. The molecule has 0 saturated carbocycles. The van der Waals surface area contributed by atoms with E-state index in [1.54, 1.807) is 6.92 Å². The summed E-state index contributed by atoms with van der Waals surface area (Å²) in [5.41, 5.74) is -3.11. The normalized spacial score (nSPS) is 10.3. The van der Waals surface area contributed by atoms with Crippen LogP contribution in [0.2, 0.25) is 0 Å². The molecule has 200 valence electrons. The summed E-state index contributed by atoms with van der Waals surface area (Å²) < 4.78 is 29.5. The Morgan fingerprint density at radius 1 is 0.472 bits per heavy atom. The lowest BCUT2D eigenvalue weighted by Crippen LogP contribution is -2.40. The summed E-state index contributed by atoms with van der Waals surface area (Å²) in [5.74, 6) is -6.31. The second-order valence-corrected chi connectivity index (χ2v) is 7.18. The molecular weight excluding hydrogens is 480 g/mol. The number of hydrogen-bond acceptors (Lipinski definition) is 12. The minimum atomic E-state index is -1.36. The van der Waals surface area contributed by atoms with Gasteiger partial charge in [0, 0.05) is 0 Å². The molecule has 0 aromatic heterocycles. The van der Waals surface area contributed by atoms with E-state index in [1.807, 2.05) is 0 Å². The van der Waals surface area contributed by atoms with E-state index in [0.717, 1.165) is 0 Å². The first kappa shape index (κ1) is 32.0. The van der Waals surface area contributed by atoms with E-state index in [2.05, 4.69) is 19.7 Å². The smallest absolute Gasteiger partial charge is 0.344 e. The van der Waals surface area contributed by atoms with Gasteiger partial charge in [0.25, 0.3) is 0 Å². The fraction of sp³-hybridized carbons (Fsp3) is 0.500. The Labute approximate surface area is 209 Å². The van der Waals surface area contributed by atoms with Crippen molar-refractivity contribution in [2.75, 3.05) is 39.6 Å². The van der Waals surface area contributed by atoms with Crippen LogP contribution in [-0.4, -0.2) is 75.5 Å². The van der Waals surface area contributed by atoms with E-state index in [0.29, 0.717) is 0 Å². The topological polar surface area (TPSA) is 158 Å². The number of rotatable bonds is 16. The summed E-state index contributed by atoms with van der Waals surface area (Å²) in [6, 6.07) is 0. The van der Waals surface area contributed by atoms with Crippen LogP contribution in [0.15, 0.2) is 36.5 Å². The molecule has 0 radical (unpaired) electrons. The van der Waals surface area contributed by atoms with Crippen LogP contribution in [0.1, 0.15) is 34.1 Å². The van der Waals surface area contributed by atoms with Gasteiger partial charge < -0.3 is 28.4 Å². The first-order chi connectivity index (χ1) is 16.9. The molecule has 0 atom stereocenters. The number of esters is 6. The van der Waals surface area contributed by atoms with Crippen LogP contribution in [0.5, 0.6) is 0 Å². The zero-order valence-corrected chi connectivity index (χ0v) is 21.0. The molecule has 0 rings (SSSR count). The number of carbonyl (C=O) groups is 6. The van der Waals surface area contributed by atoms with Gasteiger partial charge in [-0.25, -0.2) is 28.8 Å². The summed E-state index contributed by atoms with van der Waals surface area (Å²) in [6.45, 7) is 14.7. The highest BCUT2D eigenvalue weighted by Crippen LogP contribution is 2.26. The summed E-state index contributed by atoms with van der Waals surface area (Å²) in [7, 11) is 0. The van der Waals surface area contributed by atoms with Crippen molar-refractivity contribution >= 4 is 35.8 Å². The van der Waals surface area contributed by atoms with Gasteiger partial charge in [-0.3, -0.25) is 0 Å². The van der Waals surface area contributed by atoms with Gasteiger partial charge in [0.1, 0.15) is 36.5 Å². The highest BCUT2D eigenvalue weighted by molar-refractivity contribution is 6.14. The first-order valence-electron chi connectivity index (χ1n) is 11.0. The Morgan fingerprint density at radius 3 is 0.889 bits per heavy atom. The number of hydrogen-bond donors (Lipinski definition) is 0. The molecule has 0 fully saturated rings. The van der Waals surface area contributed by atoms with E-state index in [4.69, 9.17) is 28.4 Å². The van der Waals surface area contributed by atoms with Gasteiger partial charge in [-0.1, -0.05) is 26.7 Å². The third kappa shape index (κ3) is 10.1. The molecule has 0 saturated heterocycles. The molecular formula is C24H32O12. The third-order valence-electron chi connectivity index (χ3n) is 4.58. The van der Waals surface area contributed by atoms with Crippen molar-refractivity contribution in [3.63, 3.8) is 0 Å². The first-order valence-corrected chi connectivity index (χ1v) is 11.0. The molecule has 0 aromatic carbocycles. The second kappa shape index (κ2) is 15.8. The standard InChI is InChI=1S/C24H32O12/c1-8-24(12-34-21(28)15(5)18(25)31-9-2,13-35-22(29)16(6)19(26)32-10-3)14-36-23(30)17(7)20(27)33-11-4/h5-14H2,1-4H3. The highest BCUT2D eigenvalue weighted by Gasteiger charge is 2.36. The van der Waals surface area contributed by atoms with Gasteiger partial charge in [0.15, 0.2) is 0 Å². The van der Waals surface area contributed by atoms with Crippen molar-refractivity contribution in [2.24, 2.45) is 5.41 Å². The summed E-state index contributed by atoms with van der Waals surface area (Å²) >= 11 is 0. The zero-order chi connectivity index (χ0) is 27.9. The minimum Gasteiger partial charge on any atom is -0.462 e. The molecule has 0 bridgehead atoms. The van der Waals surface area contributed by atoms with Crippen LogP contribution in [0.25, 0.3) is 0 Å². The van der Waals surface area contributed by atoms with Gasteiger partial charge in [-0.05, 0) is 27.2 Å². The lowest BCUT2D eigenvalue weighted by Gasteiger charge is -2.31. The lowest BCUT2D eigenvalue weighted by molar-refractivity contribution is -0.159. The zero-order valence-electron chi connectivity index (χ0n) is 21.0. The predicted molar refractivity (Wildman–Crippen MR) is 123 cm³/mol. The molecule has 12 nitrogen and oxygen atoms in total. The van der Waals surface area contributed by atoms with Gasteiger partial charge in [-0.2, -0.15) is 0 Å². The molecule has 0 amide bonds. The van der Waals surface area contributed by atoms with Crippen LogP contribution in [0.4, 0.5) is 0 Å². The molecule has 0 aromatic rings. The summed E-state index contributed by atoms with van der Waals surface area (Å²) in [6.07, 6.45) is 0.102.